The summed E-state index contributed by atoms with van der Waals surface area (Å²) >= 11 is 0. The number of terminal acetylenes is 1. The molecule has 0 bridgehead atoms. The lowest BCUT2D eigenvalue weighted by atomic mass is 10.1. The fraction of sp³-hybridized carbons (Fsp3) is 0.818. The minimum atomic E-state index is -0.180. The van der Waals surface area contributed by atoms with Gasteiger partial charge >= 0.3 is 0 Å². The second-order valence-corrected chi connectivity index (χ2v) is 4.37. The van der Waals surface area contributed by atoms with Gasteiger partial charge in [0.05, 0.1) is 18.3 Å². The molecule has 1 aliphatic heterocycles. The number of ether oxygens (including phenoxy) is 1. The van der Waals surface area contributed by atoms with E-state index in [4.69, 9.17) is 16.3 Å². The van der Waals surface area contributed by atoms with Crippen molar-refractivity contribution in [2.24, 2.45) is 0 Å². The number of aliphatic hydroxyl groups is 1. The average Bonchev–Trinajstić information content (AvgIpc) is 2.12. The normalized spacial score (nSPS) is 27.1. The molecule has 1 rings (SSSR count). The fourth-order valence-electron chi connectivity index (χ4n) is 1.90. The van der Waals surface area contributed by atoms with Crippen LogP contribution in [0.2, 0.25) is 0 Å². The van der Waals surface area contributed by atoms with Gasteiger partial charge in [-0.25, -0.2) is 0 Å². The molecule has 14 heavy (non-hydrogen) atoms. The molecule has 1 unspecified atom stereocenters. The van der Waals surface area contributed by atoms with Gasteiger partial charge in [0.2, 0.25) is 0 Å². The first-order valence-corrected chi connectivity index (χ1v) is 5.02. The van der Waals surface area contributed by atoms with Gasteiger partial charge in [0.25, 0.3) is 0 Å². The zero-order valence-corrected chi connectivity index (χ0v) is 8.99. The lowest BCUT2D eigenvalue weighted by Crippen LogP contribution is -2.53. The van der Waals surface area contributed by atoms with Gasteiger partial charge in [-0.3, -0.25) is 4.90 Å². The average molecular weight is 197 g/mol. The molecule has 1 fully saturated rings. The van der Waals surface area contributed by atoms with Crippen molar-refractivity contribution in [1.82, 2.24) is 4.90 Å². The maximum absolute atomic E-state index is 9.07. The molecule has 0 aliphatic carbocycles. The molecule has 1 N–H and O–H groups in total. The molecule has 3 heteroatoms. The van der Waals surface area contributed by atoms with E-state index in [-0.39, 0.29) is 18.3 Å². The van der Waals surface area contributed by atoms with Crippen molar-refractivity contribution in [3.8, 4) is 12.3 Å². The Bertz CT molecular complexity index is 220. The van der Waals surface area contributed by atoms with E-state index < -0.39 is 0 Å². The molecule has 0 aromatic rings. The van der Waals surface area contributed by atoms with Crippen molar-refractivity contribution in [3.05, 3.63) is 0 Å². The van der Waals surface area contributed by atoms with Crippen molar-refractivity contribution in [2.45, 2.75) is 32.0 Å². The van der Waals surface area contributed by atoms with Crippen molar-refractivity contribution in [3.63, 3.8) is 0 Å². The predicted octanol–water partition coefficient (Wildman–Crippen LogP) is 0.481. The summed E-state index contributed by atoms with van der Waals surface area (Å²) in [4.78, 5) is 2.25. The van der Waals surface area contributed by atoms with E-state index in [1.54, 1.807) is 0 Å². The van der Waals surface area contributed by atoms with Gasteiger partial charge in [-0.1, -0.05) is 0 Å². The van der Waals surface area contributed by atoms with Gasteiger partial charge in [-0.2, -0.15) is 0 Å². The van der Waals surface area contributed by atoms with Crippen LogP contribution in [0.4, 0.5) is 0 Å². The molecule has 0 spiro atoms. The molecule has 0 saturated carbocycles. The van der Waals surface area contributed by atoms with Gasteiger partial charge in [0.15, 0.2) is 0 Å². The summed E-state index contributed by atoms with van der Waals surface area (Å²) in [6.07, 6.45) is 5.91. The van der Waals surface area contributed by atoms with Crippen LogP contribution in [-0.4, -0.2) is 48.0 Å². The molecule has 1 aliphatic rings. The van der Waals surface area contributed by atoms with Crippen molar-refractivity contribution < 1.29 is 9.84 Å². The Morgan fingerprint density at radius 2 is 2.36 bits per heavy atom. The highest BCUT2D eigenvalue weighted by Gasteiger charge is 2.32. The Labute approximate surface area is 86.0 Å². The summed E-state index contributed by atoms with van der Waals surface area (Å²) in [7, 11) is 0. The van der Waals surface area contributed by atoms with Crippen molar-refractivity contribution >= 4 is 0 Å². The Morgan fingerprint density at radius 1 is 1.64 bits per heavy atom. The predicted molar refractivity (Wildman–Crippen MR) is 55.9 cm³/mol. The zero-order chi connectivity index (χ0) is 10.6. The van der Waals surface area contributed by atoms with Crippen LogP contribution in [0.1, 0.15) is 20.3 Å². The maximum Gasteiger partial charge on any atom is 0.0940 e. The Balaban J connectivity index is 2.48. The molecular formula is C11H19NO2. The minimum Gasteiger partial charge on any atom is -0.394 e. The van der Waals surface area contributed by atoms with Crippen molar-refractivity contribution in [2.75, 3.05) is 26.2 Å². The second-order valence-electron chi connectivity index (χ2n) is 4.37. The summed E-state index contributed by atoms with van der Waals surface area (Å²) < 4.78 is 5.69. The first-order chi connectivity index (χ1) is 6.57. The molecule has 0 radical (unpaired) electrons. The number of rotatable bonds is 3. The summed E-state index contributed by atoms with van der Waals surface area (Å²) in [5, 5.41) is 9.07. The minimum absolute atomic E-state index is 0.0727. The molecule has 80 valence electrons. The SMILES string of the molecule is C#CCCN1CC(CO)OC(C)(C)C1. The standard InChI is InChI=1S/C11H19NO2/c1-4-5-6-12-7-10(8-13)14-11(2,3)9-12/h1,10,13H,5-9H2,2-3H3. The molecule has 1 atom stereocenters. The molecule has 0 aromatic heterocycles. The monoisotopic (exact) mass is 197 g/mol. The molecule has 3 nitrogen and oxygen atoms in total. The molecule has 0 aromatic carbocycles. The van der Waals surface area contributed by atoms with Crippen LogP contribution < -0.4 is 0 Å². The lowest BCUT2D eigenvalue weighted by molar-refractivity contribution is -0.148. The van der Waals surface area contributed by atoms with Gasteiger partial charge in [-0.05, 0) is 13.8 Å². The first-order valence-electron chi connectivity index (χ1n) is 5.02. The topological polar surface area (TPSA) is 32.7 Å². The van der Waals surface area contributed by atoms with Gasteiger partial charge in [-0.15, -0.1) is 12.3 Å². The molecule has 1 saturated heterocycles. The van der Waals surface area contributed by atoms with E-state index in [9.17, 15) is 0 Å². The number of nitrogens with zero attached hydrogens (tertiary/aromatic N) is 1. The maximum atomic E-state index is 9.07. The summed E-state index contributed by atoms with van der Waals surface area (Å²) in [6, 6.07) is 0. The summed E-state index contributed by atoms with van der Waals surface area (Å²) in [5.41, 5.74) is -0.180. The van der Waals surface area contributed by atoms with E-state index in [1.165, 1.54) is 0 Å². The van der Waals surface area contributed by atoms with Crippen LogP contribution in [-0.2, 0) is 4.74 Å². The smallest absolute Gasteiger partial charge is 0.0940 e. The molecular weight excluding hydrogens is 178 g/mol. The highest BCUT2D eigenvalue weighted by Crippen LogP contribution is 2.20. The summed E-state index contributed by atoms with van der Waals surface area (Å²) in [6.45, 7) is 6.71. The molecule has 1 heterocycles. The van der Waals surface area contributed by atoms with Gasteiger partial charge in [0.1, 0.15) is 0 Å². The second kappa shape index (κ2) is 4.79. The first kappa shape index (κ1) is 11.5. The van der Waals surface area contributed by atoms with Gasteiger partial charge in [0, 0.05) is 26.1 Å². The van der Waals surface area contributed by atoms with Crippen LogP contribution in [0.15, 0.2) is 0 Å². The van der Waals surface area contributed by atoms with E-state index in [0.717, 1.165) is 26.1 Å². The third-order valence-corrected chi connectivity index (χ3v) is 2.33. The number of hydrogen-bond acceptors (Lipinski definition) is 3. The quantitative estimate of drug-likeness (QED) is 0.668. The fourth-order valence-corrected chi connectivity index (χ4v) is 1.90. The molecule has 0 amide bonds. The number of aliphatic hydroxyl groups excluding tert-OH is 1. The third-order valence-electron chi connectivity index (χ3n) is 2.33. The van der Waals surface area contributed by atoms with Crippen LogP contribution >= 0.6 is 0 Å². The van der Waals surface area contributed by atoms with Gasteiger partial charge < -0.3 is 9.84 Å². The number of morpholine rings is 1. The van der Waals surface area contributed by atoms with Crippen LogP contribution in [0.5, 0.6) is 0 Å². The third kappa shape index (κ3) is 3.30. The largest absolute Gasteiger partial charge is 0.394 e. The lowest BCUT2D eigenvalue weighted by Gasteiger charge is -2.42. The van der Waals surface area contributed by atoms with E-state index in [2.05, 4.69) is 10.8 Å². The highest BCUT2D eigenvalue weighted by molar-refractivity contribution is 4.88. The van der Waals surface area contributed by atoms with Crippen LogP contribution in [0.3, 0.4) is 0 Å². The zero-order valence-electron chi connectivity index (χ0n) is 8.99. The Morgan fingerprint density at radius 3 is 2.93 bits per heavy atom. The van der Waals surface area contributed by atoms with E-state index >= 15 is 0 Å². The van der Waals surface area contributed by atoms with Crippen LogP contribution in [0, 0.1) is 12.3 Å². The highest BCUT2D eigenvalue weighted by atomic mass is 16.5. The van der Waals surface area contributed by atoms with E-state index in [1.807, 2.05) is 13.8 Å². The van der Waals surface area contributed by atoms with Crippen LogP contribution in [0.25, 0.3) is 0 Å². The summed E-state index contributed by atoms with van der Waals surface area (Å²) in [5.74, 6) is 2.63. The Hall–Kier alpha value is -0.560. The van der Waals surface area contributed by atoms with E-state index in [0.29, 0.717) is 0 Å². The number of hydrogen-bond donors (Lipinski definition) is 1. The van der Waals surface area contributed by atoms with Crippen molar-refractivity contribution in [1.29, 1.82) is 0 Å². The Kier molecular flexibility index (Phi) is 3.94.